The van der Waals surface area contributed by atoms with Crippen LogP contribution in [0, 0.1) is 0 Å². The van der Waals surface area contributed by atoms with Gasteiger partial charge in [0, 0.05) is 21.8 Å². The van der Waals surface area contributed by atoms with E-state index in [-0.39, 0.29) is 5.43 Å². The third kappa shape index (κ3) is 2.07. The highest BCUT2D eigenvalue weighted by molar-refractivity contribution is 6.57. The molecule has 0 amide bonds. The Labute approximate surface area is 112 Å². The molecule has 1 aromatic heterocycles. The van der Waals surface area contributed by atoms with E-state index in [9.17, 15) is 17.7 Å². The molecule has 2 nitrogen and oxygen atoms in total. The number of para-hydroxylation sites is 2. The van der Waals surface area contributed by atoms with Gasteiger partial charge in [-0.05, 0) is 30.7 Å². The highest BCUT2D eigenvalue weighted by Crippen LogP contribution is 2.22. The zero-order valence-electron chi connectivity index (χ0n) is 10.4. The minimum atomic E-state index is -5.00. The van der Waals surface area contributed by atoms with Crippen LogP contribution < -0.4 is 5.43 Å². The first kappa shape index (κ1) is 12.8. The molecule has 1 heterocycles. The monoisotopic (exact) mass is 276 g/mol. The van der Waals surface area contributed by atoms with Gasteiger partial charge in [0.25, 0.3) is 0 Å². The van der Waals surface area contributed by atoms with Crippen molar-refractivity contribution in [2.45, 2.75) is 6.44 Å². The van der Waals surface area contributed by atoms with Gasteiger partial charge >= 0.3 is 6.98 Å². The van der Waals surface area contributed by atoms with Crippen LogP contribution in [0.1, 0.15) is 0 Å². The Hall–Kier alpha value is -2.24. The molecule has 0 atom stereocenters. The van der Waals surface area contributed by atoms with Crippen LogP contribution in [0.25, 0.3) is 21.8 Å². The van der Waals surface area contributed by atoms with Crippen LogP contribution in [-0.2, 0) is 6.44 Å². The molecule has 2 aromatic carbocycles. The maximum atomic E-state index is 12.9. The summed E-state index contributed by atoms with van der Waals surface area (Å²) in [6, 6.07) is 12.8. The van der Waals surface area contributed by atoms with E-state index in [2.05, 4.69) is 0 Å². The lowest BCUT2D eigenvalue weighted by atomic mass is 9.91. The Morgan fingerprint density at radius 2 is 1.30 bits per heavy atom. The van der Waals surface area contributed by atoms with E-state index in [4.69, 9.17) is 0 Å². The standard InChI is InChI=1S/C14H10BF3NO/c16-15(17,18)9-19-12-7-3-1-5-10(12)14(20)11-6-2-4-8-13(11)19/h1-8H,9H2/q-1. The second-order valence-corrected chi connectivity index (χ2v) is 4.68. The van der Waals surface area contributed by atoms with Crippen molar-refractivity contribution in [2.75, 3.05) is 0 Å². The van der Waals surface area contributed by atoms with Gasteiger partial charge in [0.2, 0.25) is 0 Å². The van der Waals surface area contributed by atoms with Gasteiger partial charge in [0.05, 0.1) is 0 Å². The average Bonchev–Trinajstić information content (AvgIpc) is 2.42. The number of rotatable bonds is 2. The summed E-state index contributed by atoms with van der Waals surface area (Å²) in [6.45, 7) is -5.00. The van der Waals surface area contributed by atoms with E-state index >= 15 is 0 Å². The van der Waals surface area contributed by atoms with Gasteiger partial charge in [0.1, 0.15) is 0 Å². The van der Waals surface area contributed by atoms with Crippen LogP contribution in [-0.4, -0.2) is 11.5 Å². The predicted molar refractivity (Wildman–Crippen MR) is 74.8 cm³/mol. The molecule has 0 aliphatic rings. The van der Waals surface area contributed by atoms with Crippen LogP contribution in [0.5, 0.6) is 0 Å². The third-order valence-electron chi connectivity index (χ3n) is 3.27. The highest BCUT2D eigenvalue weighted by atomic mass is 19.4. The van der Waals surface area contributed by atoms with Crippen LogP contribution in [0.2, 0.25) is 0 Å². The smallest absolute Gasteiger partial charge is 0.448 e. The molecule has 0 N–H and O–H groups in total. The number of benzene rings is 2. The van der Waals surface area contributed by atoms with E-state index in [1.54, 1.807) is 48.5 Å². The van der Waals surface area contributed by atoms with Crippen molar-refractivity contribution >= 4 is 28.8 Å². The lowest BCUT2D eigenvalue weighted by molar-refractivity contribution is 0.450. The summed E-state index contributed by atoms with van der Waals surface area (Å²) in [5, 5.41) is 0.623. The van der Waals surface area contributed by atoms with E-state index in [1.165, 1.54) is 4.57 Å². The van der Waals surface area contributed by atoms with Crippen LogP contribution in [0.15, 0.2) is 53.3 Å². The maximum Gasteiger partial charge on any atom is 0.497 e. The molecule has 0 saturated heterocycles. The Kier molecular flexibility index (Phi) is 2.81. The molecule has 20 heavy (non-hydrogen) atoms. The summed E-state index contributed by atoms with van der Waals surface area (Å²) in [5.41, 5.74) is 0.396. The summed E-state index contributed by atoms with van der Waals surface area (Å²) in [5.74, 6) is 0. The first-order valence-electron chi connectivity index (χ1n) is 6.19. The Morgan fingerprint density at radius 3 is 1.75 bits per heavy atom. The fraction of sp³-hybridized carbons (Fsp3) is 0.0714. The molecular formula is C14H10BF3NO-. The molecule has 0 saturated carbocycles. The number of hydrogen-bond acceptors (Lipinski definition) is 1. The molecule has 102 valence electrons. The number of pyridine rings is 1. The SMILES string of the molecule is O=c1c2ccccc2n(C[B-](F)(F)F)c2ccccc12. The van der Waals surface area contributed by atoms with Crippen LogP contribution >= 0.6 is 0 Å². The van der Waals surface area contributed by atoms with Gasteiger partial charge in [-0.15, -0.1) is 0 Å². The minimum absolute atomic E-state index is 0.234. The largest absolute Gasteiger partial charge is 0.497 e. The molecule has 0 aliphatic heterocycles. The van der Waals surface area contributed by atoms with Gasteiger partial charge in [0.15, 0.2) is 5.43 Å². The van der Waals surface area contributed by atoms with Crippen molar-refractivity contribution in [1.82, 2.24) is 4.57 Å². The first-order valence-corrected chi connectivity index (χ1v) is 6.19. The number of aromatic nitrogens is 1. The number of halogens is 3. The Morgan fingerprint density at radius 1 is 0.850 bits per heavy atom. The Balaban J connectivity index is 2.50. The molecule has 3 rings (SSSR count). The minimum Gasteiger partial charge on any atom is -0.448 e. The lowest BCUT2D eigenvalue weighted by Gasteiger charge is -2.21. The highest BCUT2D eigenvalue weighted by Gasteiger charge is 2.25. The zero-order chi connectivity index (χ0) is 14.3. The number of hydrogen-bond donors (Lipinski definition) is 0. The van der Waals surface area contributed by atoms with Crippen molar-refractivity contribution in [3.8, 4) is 0 Å². The molecule has 0 radical (unpaired) electrons. The zero-order valence-corrected chi connectivity index (χ0v) is 10.4. The molecule has 3 aromatic rings. The van der Waals surface area contributed by atoms with Crippen molar-refractivity contribution in [3.63, 3.8) is 0 Å². The summed E-state index contributed by atoms with van der Waals surface area (Å²) in [7, 11) is 0. The van der Waals surface area contributed by atoms with Crippen LogP contribution in [0.3, 0.4) is 0 Å². The lowest BCUT2D eigenvalue weighted by Crippen LogP contribution is -2.26. The first-order chi connectivity index (χ1) is 9.47. The fourth-order valence-corrected chi connectivity index (χ4v) is 2.48. The molecule has 0 spiro atoms. The third-order valence-corrected chi connectivity index (χ3v) is 3.27. The summed E-state index contributed by atoms with van der Waals surface area (Å²) < 4.78 is 39.8. The quantitative estimate of drug-likeness (QED) is 0.518. The molecule has 0 fully saturated rings. The maximum absolute atomic E-state index is 12.9. The van der Waals surface area contributed by atoms with Crippen LogP contribution in [0.4, 0.5) is 12.9 Å². The molecular weight excluding hydrogens is 266 g/mol. The van der Waals surface area contributed by atoms with E-state index in [0.29, 0.717) is 21.8 Å². The second kappa shape index (κ2) is 4.40. The number of nitrogens with zero attached hydrogens (tertiary/aromatic N) is 1. The van der Waals surface area contributed by atoms with Crippen molar-refractivity contribution < 1.29 is 12.9 Å². The van der Waals surface area contributed by atoms with Gasteiger partial charge in [-0.2, -0.15) is 0 Å². The van der Waals surface area contributed by atoms with Gasteiger partial charge in [-0.25, -0.2) is 0 Å². The topological polar surface area (TPSA) is 22.0 Å². The number of fused-ring (bicyclic) bond motifs is 2. The van der Waals surface area contributed by atoms with E-state index in [0.717, 1.165) is 0 Å². The van der Waals surface area contributed by atoms with E-state index < -0.39 is 13.4 Å². The van der Waals surface area contributed by atoms with Gasteiger partial charge in [-0.3, -0.25) is 4.79 Å². The normalized spacial score (nSPS) is 12.2. The van der Waals surface area contributed by atoms with Gasteiger partial charge in [-0.1, -0.05) is 24.3 Å². The van der Waals surface area contributed by atoms with E-state index in [1.807, 2.05) is 0 Å². The second-order valence-electron chi connectivity index (χ2n) is 4.68. The Bertz CT molecular complexity index is 794. The summed E-state index contributed by atoms with van der Waals surface area (Å²) in [6.07, 6.45) is -1.05. The average molecular weight is 276 g/mol. The van der Waals surface area contributed by atoms with Crippen molar-refractivity contribution in [3.05, 3.63) is 58.8 Å². The van der Waals surface area contributed by atoms with Crippen molar-refractivity contribution in [1.29, 1.82) is 0 Å². The molecule has 0 bridgehead atoms. The van der Waals surface area contributed by atoms with Gasteiger partial charge < -0.3 is 17.5 Å². The molecule has 0 aliphatic carbocycles. The summed E-state index contributed by atoms with van der Waals surface area (Å²) >= 11 is 0. The fourth-order valence-electron chi connectivity index (χ4n) is 2.48. The molecule has 6 heteroatoms. The molecule has 0 unspecified atom stereocenters. The van der Waals surface area contributed by atoms with Crippen molar-refractivity contribution in [2.24, 2.45) is 0 Å². The summed E-state index contributed by atoms with van der Waals surface area (Å²) in [4.78, 5) is 12.3. The predicted octanol–water partition coefficient (Wildman–Crippen LogP) is 3.54.